The third-order valence-corrected chi connectivity index (χ3v) is 2.01. The quantitative estimate of drug-likeness (QED) is 0.438. The van der Waals surface area contributed by atoms with Crippen molar-refractivity contribution in [1.29, 1.82) is 0 Å². The molecule has 0 heterocycles. The van der Waals surface area contributed by atoms with E-state index in [4.69, 9.17) is 5.11 Å². The van der Waals surface area contributed by atoms with Gasteiger partial charge >= 0.3 is 5.97 Å². The van der Waals surface area contributed by atoms with Crippen LogP contribution < -0.4 is 5.32 Å². The van der Waals surface area contributed by atoms with Gasteiger partial charge in [-0.1, -0.05) is 19.9 Å². The number of carboxylic acid groups (broad SMARTS) is 1. The van der Waals surface area contributed by atoms with Crippen molar-refractivity contribution < 1.29 is 15.0 Å². The minimum Gasteiger partial charge on any atom is -0.478 e. The van der Waals surface area contributed by atoms with Gasteiger partial charge in [0.05, 0.1) is 6.10 Å². The zero-order valence-corrected chi connectivity index (χ0v) is 9.66. The van der Waals surface area contributed by atoms with Gasteiger partial charge in [-0.15, -0.1) is 0 Å². The maximum atomic E-state index is 10.4. The van der Waals surface area contributed by atoms with Crippen LogP contribution in [0.25, 0.3) is 0 Å². The Morgan fingerprint density at radius 1 is 1.47 bits per heavy atom. The smallest absolute Gasteiger partial charge is 0.330 e. The second-order valence-corrected chi connectivity index (χ2v) is 4.13. The molecule has 4 heteroatoms. The standard InChI is InChI=1S/C11H21NO3/c1-8(2)6-10(13)7-12-5-4-9(3)11(14)15/h4,8,10,12-13H,5-7H2,1-3H3,(H,14,15)/b9-4-. The van der Waals surface area contributed by atoms with Gasteiger partial charge in [-0.2, -0.15) is 0 Å². The number of aliphatic hydroxyl groups excluding tert-OH is 1. The molecule has 0 aromatic rings. The number of aliphatic hydroxyl groups is 1. The molecule has 0 spiro atoms. The lowest BCUT2D eigenvalue weighted by molar-refractivity contribution is -0.132. The molecule has 0 saturated carbocycles. The van der Waals surface area contributed by atoms with Gasteiger partial charge in [0.15, 0.2) is 0 Å². The first-order chi connectivity index (χ1) is 6.93. The van der Waals surface area contributed by atoms with E-state index in [2.05, 4.69) is 19.2 Å². The van der Waals surface area contributed by atoms with Crippen molar-refractivity contribution in [2.75, 3.05) is 13.1 Å². The van der Waals surface area contributed by atoms with Gasteiger partial charge in [-0.05, 0) is 19.3 Å². The van der Waals surface area contributed by atoms with Crippen LogP contribution in [0.15, 0.2) is 11.6 Å². The topological polar surface area (TPSA) is 69.6 Å². The lowest BCUT2D eigenvalue weighted by atomic mass is 10.1. The Hall–Kier alpha value is -0.870. The predicted molar refractivity (Wildman–Crippen MR) is 59.7 cm³/mol. The molecule has 0 amide bonds. The van der Waals surface area contributed by atoms with E-state index in [1.54, 1.807) is 13.0 Å². The van der Waals surface area contributed by atoms with Crippen LogP contribution in [0.5, 0.6) is 0 Å². The Kier molecular flexibility index (Phi) is 6.99. The average Bonchev–Trinajstić information content (AvgIpc) is 2.10. The summed E-state index contributed by atoms with van der Waals surface area (Å²) < 4.78 is 0. The highest BCUT2D eigenvalue weighted by molar-refractivity contribution is 5.85. The third kappa shape index (κ3) is 8.15. The van der Waals surface area contributed by atoms with Crippen LogP contribution in [0, 0.1) is 5.92 Å². The lowest BCUT2D eigenvalue weighted by Crippen LogP contribution is -2.28. The van der Waals surface area contributed by atoms with Gasteiger partial charge in [0.25, 0.3) is 0 Å². The zero-order valence-electron chi connectivity index (χ0n) is 9.66. The molecule has 3 N–H and O–H groups in total. The van der Waals surface area contributed by atoms with E-state index in [-0.39, 0.29) is 6.10 Å². The summed E-state index contributed by atoms with van der Waals surface area (Å²) in [6.45, 7) is 6.64. The lowest BCUT2D eigenvalue weighted by Gasteiger charge is -2.12. The summed E-state index contributed by atoms with van der Waals surface area (Å²) >= 11 is 0. The van der Waals surface area contributed by atoms with Gasteiger partial charge in [0, 0.05) is 18.7 Å². The minimum atomic E-state index is -0.903. The van der Waals surface area contributed by atoms with Gasteiger partial charge < -0.3 is 15.5 Å². The van der Waals surface area contributed by atoms with E-state index in [1.807, 2.05) is 0 Å². The first-order valence-electron chi connectivity index (χ1n) is 5.22. The zero-order chi connectivity index (χ0) is 11.8. The highest BCUT2D eigenvalue weighted by atomic mass is 16.4. The molecule has 88 valence electrons. The number of hydrogen-bond acceptors (Lipinski definition) is 3. The van der Waals surface area contributed by atoms with Crippen molar-refractivity contribution in [3.8, 4) is 0 Å². The maximum Gasteiger partial charge on any atom is 0.330 e. The molecule has 0 aliphatic rings. The van der Waals surface area contributed by atoms with E-state index in [9.17, 15) is 9.90 Å². The number of carbonyl (C=O) groups is 1. The Balaban J connectivity index is 3.62. The van der Waals surface area contributed by atoms with Crippen LogP contribution in [0.4, 0.5) is 0 Å². The molecule has 0 saturated heterocycles. The van der Waals surface area contributed by atoms with Gasteiger partial charge in [-0.3, -0.25) is 0 Å². The van der Waals surface area contributed by atoms with Crippen molar-refractivity contribution >= 4 is 5.97 Å². The second kappa shape index (κ2) is 7.43. The third-order valence-electron chi connectivity index (χ3n) is 2.01. The van der Waals surface area contributed by atoms with Crippen molar-refractivity contribution in [1.82, 2.24) is 5.32 Å². The van der Waals surface area contributed by atoms with E-state index >= 15 is 0 Å². The normalized spacial score (nSPS) is 14.3. The first-order valence-corrected chi connectivity index (χ1v) is 5.22. The SMILES string of the molecule is C/C(=C/CNCC(O)CC(C)C)C(=O)O. The summed E-state index contributed by atoms with van der Waals surface area (Å²) in [5.41, 5.74) is 0.320. The largest absolute Gasteiger partial charge is 0.478 e. The summed E-state index contributed by atoms with van der Waals surface area (Å²) in [7, 11) is 0. The summed E-state index contributed by atoms with van der Waals surface area (Å²) in [5.74, 6) is -0.433. The van der Waals surface area contributed by atoms with E-state index in [0.29, 0.717) is 24.6 Å². The van der Waals surface area contributed by atoms with Gasteiger partial charge in [0.1, 0.15) is 0 Å². The molecule has 0 aromatic carbocycles. The highest BCUT2D eigenvalue weighted by Crippen LogP contribution is 2.03. The molecule has 0 aromatic heterocycles. The number of aliphatic carboxylic acids is 1. The van der Waals surface area contributed by atoms with Crippen molar-refractivity contribution in [3.63, 3.8) is 0 Å². The molecule has 1 atom stereocenters. The van der Waals surface area contributed by atoms with E-state index in [0.717, 1.165) is 6.42 Å². The molecule has 0 radical (unpaired) electrons. The molecule has 4 nitrogen and oxygen atoms in total. The Labute approximate surface area is 91.0 Å². The Morgan fingerprint density at radius 2 is 2.07 bits per heavy atom. The number of rotatable bonds is 7. The molecule has 0 fully saturated rings. The van der Waals surface area contributed by atoms with Gasteiger partial charge in [-0.25, -0.2) is 4.79 Å². The molecule has 0 rings (SSSR count). The van der Waals surface area contributed by atoms with Crippen LogP contribution in [0.2, 0.25) is 0 Å². The van der Waals surface area contributed by atoms with Crippen LogP contribution in [-0.4, -0.2) is 35.4 Å². The number of hydrogen-bond donors (Lipinski definition) is 3. The monoisotopic (exact) mass is 215 g/mol. The highest BCUT2D eigenvalue weighted by Gasteiger charge is 2.05. The molecule has 0 aliphatic heterocycles. The fourth-order valence-corrected chi connectivity index (χ4v) is 1.19. The number of nitrogens with one attached hydrogen (secondary N) is 1. The van der Waals surface area contributed by atoms with Crippen molar-refractivity contribution in [3.05, 3.63) is 11.6 Å². The van der Waals surface area contributed by atoms with Crippen molar-refractivity contribution in [2.45, 2.75) is 33.3 Å². The average molecular weight is 215 g/mol. The molecule has 0 aliphatic carbocycles. The molecular weight excluding hydrogens is 194 g/mol. The molecule has 0 bridgehead atoms. The fraction of sp³-hybridized carbons (Fsp3) is 0.727. The van der Waals surface area contributed by atoms with E-state index in [1.165, 1.54) is 0 Å². The first kappa shape index (κ1) is 14.1. The van der Waals surface area contributed by atoms with Crippen LogP contribution in [0.3, 0.4) is 0 Å². The molecule has 15 heavy (non-hydrogen) atoms. The van der Waals surface area contributed by atoms with Gasteiger partial charge in [0.2, 0.25) is 0 Å². The van der Waals surface area contributed by atoms with Crippen LogP contribution in [0.1, 0.15) is 27.2 Å². The summed E-state index contributed by atoms with van der Waals surface area (Å²) in [4.78, 5) is 10.4. The Bertz CT molecular complexity index is 224. The minimum absolute atomic E-state index is 0.320. The van der Waals surface area contributed by atoms with Crippen molar-refractivity contribution in [2.24, 2.45) is 5.92 Å². The second-order valence-electron chi connectivity index (χ2n) is 4.13. The molecular formula is C11H21NO3. The van der Waals surface area contributed by atoms with Crippen LogP contribution in [-0.2, 0) is 4.79 Å². The predicted octanol–water partition coefficient (Wildman–Crippen LogP) is 1.01. The summed E-state index contributed by atoms with van der Waals surface area (Å²) in [5, 5.41) is 21.0. The summed E-state index contributed by atoms with van der Waals surface area (Å²) in [6, 6.07) is 0. The van der Waals surface area contributed by atoms with Crippen LogP contribution >= 0.6 is 0 Å². The van der Waals surface area contributed by atoms with E-state index < -0.39 is 5.97 Å². The summed E-state index contributed by atoms with van der Waals surface area (Å²) in [6.07, 6.45) is 2.00. The fourth-order valence-electron chi connectivity index (χ4n) is 1.19. The molecule has 1 unspecified atom stereocenters. The Morgan fingerprint density at radius 3 is 2.53 bits per heavy atom. The number of carboxylic acids is 1. The maximum absolute atomic E-state index is 10.4.